The fraction of sp³-hybridized carbons (Fsp3) is 0.519. The molecule has 0 unspecified atom stereocenters. The summed E-state index contributed by atoms with van der Waals surface area (Å²) in [5.74, 6) is -1.26. The number of benzene rings is 2. The molecule has 9 nitrogen and oxygen atoms in total. The molecule has 1 saturated carbocycles. The Morgan fingerprint density at radius 1 is 1.08 bits per heavy atom. The molecule has 3 fully saturated rings. The molecule has 1 aliphatic carbocycles. The standard InChI is InChI=1S/C27H35FN4O5S/c1-19-18-32(10-12-37-19)23-15-20(28)14-22(16-23)29-26(34)24-3-2-21(30-38(35,36)13-11-33)17-25(24)31-8-6-27(4-5-27)7-9-31/h2-3,14-17,19,30,33H,4-13,18H2,1H3,(H,29,34)/t19-/m1/s1. The van der Waals surface area contributed by atoms with Gasteiger partial charge in [0.25, 0.3) is 5.91 Å². The van der Waals surface area contributed by atoms with Crippen LogP contribution in [-0.2, 0) is 14.8 Å². The highest BCUT2D eigenvalue weighted by Gasteiger charge is 2.44. The zero-order chi connectivity index (χ0) is 26.9. The lowest BCUT2D eigenvalue weighted by molar-refractivity contribution is 0.0532. The molecular formula is C27H35FN4O5S. The summed E-state index contributed by atoms with van der Waals surface area (Å²) in [6.07, 6.45) is 4.55. The highest BCUT2D eigenvalue weighted by atomic mass is 32.2. The van der Waals surface area contributed by atoms with Crippen LogP contribution in [0.1, 0.15) is 43.0 Å². The third-order valence-electron chi connectivity index (χ3n) is 7.74. The fourth-order valence-corrected chi connectivity index (χ4v) is 6.21. The molecule has 0 aromatic heterocycles. The molecule has 0 bridgehead atoms. The predicted molar refractivity (Wildman–Crippen MR) is 146 cm³/mol. The summed E-state index contributed by atoms with van der Waals surface area (Å²) in [4.78, 5) is 17.7. The SMILES string of the molecule is C[C@@H]1CN(c2cc(F)cc(NC(=O)c3ccc(NS(=O)(=O)CCO)cc3N3CCC4(CC3)CC4)c2)CCO1. The number of sulfonamides is 1. The van der Waals surface area contributed by atoms with Gasteiger partial charge >= 0.3 is 0 Å². The van der Waals surface area contributed by atoms with Gasteiger partial charge in [-0.2, -0.15) is 0 Å². The Balaban J connectivity index is 1.40. The number of morpholine rings is 1. The first-order valence-electron chi connectivity index (χ1n) is 13.1. The first kappa shape index (κ1) is 26.7. The van der Waals surface area contributed by atoms with Gasteiger partial charge in [0.1, 0.15) is 5.82 Å². The second-order valence-corrected chi connectivity index (χ2v) is 12.5. The first-order chi connectivity index (χ1) is 18.2. The van der Waals surface area contributed by atoms with Crippen molar-refractivity contribution in [2.75, 3.05) is 65.0 Å². The predicted octanol–water partition coefficient (Wildman–Crippen LogP) is 3.42. The maximum atomic E-state index is 14.6. The van der Waals surface area contributed by atoms with E-state index in [1.807, 2.05) is 11.8 Å². The van der Waals surface area contributed by atoms with Gasteiger partial charge in [0.05, 0.1) is 42.0 Å². The second kappa shape index (κ2) is 10.7. The van der Waals surface area contributed by atoms with Gasteiger partial charge in [0.2, 0.25) is 10.0 Å². The maximum absolute atomic E-state index is 14.6. The molecule has 38 heavy (non-hydrogen) atoms. The Labute approximate surface area is 223 Å². The van der Waals surface area contributed by atoms with E-state index in [0.29, 0.717) is 53.4 Å². The van der Waals surface area contributed by atoms with E-state index in [1.54, 1.807) is 18.2 Å². The molecule has 3 aliphatic rings. The number of aliphatic hydroxyl groups is 1. The summed E-state index contributed by atoms with van der Waals surface area (Å²) >= 11 is 0. The topological polar surface area (TPSA) is 111 Å². The number of carbonyl (C=O) groups is 1. The van der Waals surface area contributed by atoms with Crippen LogP contribution in [0, 0.1) is 11.2 Å². The summed E-state index contributed by atoms with van der Waals surface area (Å²) in [5, 5.41) is 11.9. The van der Waals surface area contributed by atoms with E-state index in [0.717, 1.165) is 25.9 Å². The molecule has 1 spiro atoms. The number of anilines is 4. The number of aliphatic hydroxyl groups excluding tert-OH is 1. The molecule has 2 aromatic rings. The lowest BCUT2D eigenvalue weighted by Gasteiger charge is -2.35. The van der Waals surface area contributed by atoms with Gasteiger partial charge < -0.3 is 25.0 Å². The largest absolute Gasteiger partial charge is 0.395 e. The van der Waals surface area contributed by atoms with Crippen molar-refractivity contribution < 1.29 is 27.4 Å². The van der Waals surface area contributed by atoms with E-state index in [1.165, 1.54) is 31.0 Å². The average molecular weight is 547 g/mol. The zero-order valence-corrected chi connectivity index (χ0v) is 22.4. The number of carbonyl (C=O) groups excluding carboxylic acids is 1. The van der Waals surface area contributed by atoms with Crippen LogP contribution in [0.4, 0.5) is 27.1 Å². The van der Waals surface area contributed by atoms with Gasteiger partial charge in [0.15, 0.2) is 0 Å². The van der Waals surface area contributed by atoms with Gasteiger partial charge in [0, 0.05) is 37.6 Å². The summed E-state index contributed by atoms with van der Waals surface area (Å²) in [6.45, 7) is 4.83. The van der Waals surface area contributed by atoms with Crippen molar-refractivity contribution >= 4 is 38.7 Å². The van der Waals surface area contributed by atoms with Crippen molar-refractivity contribution in [1.29, 1.82) is 0 Å². The minimum absolute atomic E-state index is 0.0280. The number of hydrogen-bond acceptors (Lipinski definition) is 7. The molecule has 1 amide bonds. The highest BCUT2D eigenvalue weighted by molar-refractivity contribution is 7.92. The van der Waals surface area contributed by atoms with E-state index < -0.39 is 34.1 Å². The lowest BCUT2D eigenvalue weighted by atomic mass is 9.93. The molecule has 3 N–H and O–H groups in total. The summed E-state index contributed by atoms with van der Waals surface area (Å²) < 4.78 is 47.1. The number of halogens is 1. The van der Waals surface area contributed by atoms with Crippen LogP contribution in [0.15, 0.2) is 36.4 Å². The van der Waals surface area contributed by atoms with E-state index >= 15 is 0 Å². The lowest BCUT2D eigenvalue weighted by Crippen LogP contribution is -2.41. The van der Waals surface area contributed by atoms with Crippen LogP contribution in [0.25, 0.3) is 0 Å². The normalized spacial score (nSPS) is 20.9. The average Bonchev–Trinajstić information content (AvgIpc) is 3.62. The van der Waals surface area contributed by atoms with Crippen molar-refractivity contribution in [2.45, 2.75) is 38.7 Å². The molecule has 2 heterocycles. The van der Waals surface area contributed by atoms with Crippen molar-refractivity contribution in [3.8, 4) is 0 Å². The van der Waals surface area contributed by atoms with Crippen LogP contribution in [0.2, 0.25) is 0 Å². The first-order valence-corrected chi connectivity index (χ1v) is 14.8. The monoisotopic (exact) mass is 546 g/mol. The quantitative estimate of drug-likeness (QED) is 0.465. The summed E-state index contributed by atoms with van der Waals surface area (Å²) in [7, 11) is -3.72. The van der Waals surface area contributed by atoms with Crippen LogP contribution in [0.3, 0.4) is 0 Å². The molecule has 0 radical (unpaired) electrons. The van der Waals surface area contributed by atoms with E-state index in [2.05, 4.69) is 14.9 Å². The van der Waals surface area contributed by atoms with E-state index in [4.69, 9.17) is 9.84 Å². The molecular weight excluding hydrogens is 511 g/mol. The van der Waals surface area contributed by atoms with Crippen molar-refractivity contribution in [1.82, 2.24) is 0 Å². The van der Waals surface area contributed by atoms with Crippen molar-refractivity contribution in [3.63, 3.8) is 0 Å². The fourth-order valence-electron chi connectivity index (χ4n) is 5.38. The number of ether oxygens (including phenoxy) is 1. The Morgan fingerprint density at radius 2 is 1.84 bits per heavy atom. The summed E-state index contributed by atoms with van der Waals surface area (Å²) in [5.41, 5.74) is 2.78. The number of amides is 1. The Kier molecular flexibility index (Phi) is 7.52. The number of hydrogen-bond donors (Lipinski definition) is 3. The van der Waals surface area contributed by atoms with E-state index in [-0.39, 0.29) is 6.10 Å². The molecule has 206 valence electrons. The molecule has 2 aromatic carbocycles. The van der Waals surface area contributed by atoms with Crippen LogP contribution >= 0.6 is 0 Å². The number of nitrogens with zero attached hydrogens (tertiary/aromatic N) is 2. The second-order valence-electron chi connectivity index (χ2n) is 10.6. The van der Waals surface area contributed by atoms with Crippen LogP contribution in [0.5, 0.6) is 0 Å². The molecule has 5 rings (SSSR count). The third-order valence-corrected chi connectivity index (χ3v) is 9.01. The molecule has 1 atom stereocenters. The number of piperidine rings is 1. The Hall–Kier alpha value is -2.89. The van der Waals surface area contributed by atoms with Crippen molar-refractivity contribution in [3.05, 3.63) is 47.8 Å². The van der Waals surface area contributed by atoms with Gasteiger partial charge in [-0.15, -0.1) is 0 Å². The third kappa shape index (κ3) is 6.22. The summed E-state index contributed by atoms with van der Waals surface area (Å²) in [6, 6.07) is 9.29. The minimum Gasteiger partial charge on any atom is -0.395 e. The number of rotatable bonds is 8. The van der Waals surface area contributed by atoms with Gasteiger partial charge in [-0.1, -0.05) is 0 Å². The molecule has 11 heteroatoms. The van der Waals surface area contributed by atoms with Gasteiger partial charge in [-0.05, 0) is 74.4 Å². The van der Waals surface area contributed by atoms with Gasteiger partial charge in [-0.3, -0.25) is 9.52 Å². The molecule has 2 aliphatic heterocycles. The number of nitrogens with one attached hydrogen (secondary N) is 2. The zero-order valence-electron chi connectivity index (χ0n) is 21.6. The minimum atomic E-state index is -3.72. The van der Waals surface area contributed by atoms with E-state index in [9.17, 15) is 17.6 Å². The van der Waals surface area contributed by atoms with Gasteiger partial charge in [-0.25, -0.2) is 12.8 Å². The Morgan fingerprint density at radius 3 is 2.53 bits per heavy atom. The van der Waals surface area contributed by atoms with Crippen LogP contribution < -0.4 is 19.8 Å². The molecule has 2 saturated heterocycles. The van der Waals surface area contributed by atoms with Crippen molar-refractivity contribution in [2.24, 2.45) is 5.41 Å². The smallest absolute Gasteiger partial charge is 0.257 e. The van der Waals surface area contributed by atoms with Crippen LogP contribution in [-0.4, -0.2) is 70.7 Å². The highest BCUT2D eigenvalue weighted by Crippen LogP contribution is 2.54. The maximum Gasteiger partial charge on any atom is 0.257 e. The Bertz CT molecular complexity index is 1290.